The van der Waals surface area contributed by atoms with Gasteiger partial charge in [0.2, 0.25) is 5.28 Å². The molecule has 0 aliphatic carbocycles. The lowest BCUT2D eigenvalue weighted by atomic mass is 10.1. The molecule has 108 valence electrons. The summed E-state index contributed by atoms with van der Waals surface area (Å²) in [5.74, 6) is 0. The molecule has 0 spiro atoms. The summed E-state index contributed by atoms with van der Waals surface area (Å²) < 4.78 is 5.67. The number of amides is 1. The molecule has 0 aromatic carbocycles. The molecule has 2 saturated heterocycles. The van der Waals surface area contributed by atoms with Crippen LogP contribution in [0.2, 0.25) is 5.28 Å². The maximum Gasteiger partial charge on any atom is 0.407 e. The van der Waals surface area contributed by atoms with Crippen molar-refractivity contribution in [3.63, 3.8) is 0 Å². The van der Waals surface area contributed by atoms with Crippen LogP contribution in [0.15, 0.2) is 12.4 Å². The van der Waals surface area contributed by atoms with E-state index in [1.54, 1.807) is 12.4 Å². The molecule has 1 aromatic heterocycles. The highest BCUT2D eigenvalue weighted by molar-refractivity contribution is 6.28. The van der Waals surface area contributed by atoms with Gasteiger partial charge >= 0.3 is 6.09 Å². The monoisotopic (exact) mass is 298 g/mol. The average molecular weight is 299 g/mol. The first-order chi connectivity index (χ1) is 9.63. The molecule has 3 rings (SSSR count). The van der Waals surface area contributed by atoms with Gasteiger partial charge in [-0.1, -0.05) is 0 Å². The van der Waals surface area contributed by atoms with E-state index in [0.717, 1.165) is 12.1 Å². The molecule has 0 bridgehead atoms. The van der Waals surface area contributed by atoms with E-state index < -0.39 is 6.09 Å². The van der Waals surface area contributed by atoms with E-state index in [1.165, 1.54) is 4.90 Å². The fourth-order valence-electron chi connectivity index (χ4n) is 2.81. The molecule has 3 heterocycles. The number of ether oxygens (including phenoxy) is 1. The zero-order valence-electron chi connectivity index (χ0n) is 10.8. The topological polar surface area (TPSA) is 78.8 Å². The van der Waals surface area contributed by atoms with E-state index >= 15 is 0 Å². The molecule has 8 heteroatoms. The third kappa shape index (κ3) is 2.70. The van der Waals surface area contributed by atoms with Gasteiger partial charge in [0.05, 0.1) is 18.8 Å². The Balaban J connectivity index is 1.66. The molecule has 1 N–H and O–H groups in total. The van der Waals surface area contributed by atoms with Gasteiger partial charge in [-0.3, -0.25) is 9.80 Å². The summed E-state index contributed by atoms with van der Waals surface area (Å²) in [6.45, 7) is 2.96. The van der Waals surface area contributed by atoms with Gasteiger partial charge in [-0.25, -0.2) is 14.8 Å². The smallest absolute Gasteiger partial charge is 0.407 e. The first kappa shape index (κ1) is 13.5. The Kier molecular flexibility index (Phi) is 3.73. The number of hydrogen-bond donors (Lipinski definition) is 1. The van der Waals surface area contributed by atoms with Crippen LogP contribution in [0, 0.1) is 0 Å². The molecule has 7 nitrogen and oxygen atoms in total. The third-order valence-electron chi connectivity index (χ3n) is 3.70. The highest BCUT2D eigenvalue weighted by Gasteiger charge is 2.42. The van der Waals surface area contributed by atoms with E-state index in [0.29, 0.717) is 26.2 Å². The standard InChI is InChI=1S/C12H15ClN4O3/c13-11-14-3-8(4-15-11)5-16-6-9-10(7-16)20-2-1-17(9)12(18)19/h3-4,9-10H,1-2,5-7H2,(H,18,19). The number of nitrogens with zero attached hydrogens (tertiary/aromatic N) is 4. The summed E-state index contributed by atoms with van der Waals surface area (Å²) >= 11 is 5.65. The quantitative estimate of drug-likeness (QED) is 0.810. The minimum atomic E-state index is -0.875. The zero-order chi connectivity index (χ0) is 14.1. The van der Waals surface area contributed by atoms with Crippen molar-refractivity contribution in [2.45, 2.75) is 18.7 Å². The third-order valence-corrected chi connectivity index (χ3v) is 3.90. The van der Waals surface area contributed by atoms with Crippen molar-refractivity contribution in [3.05, 3.63) is 23.2 Å². The van der Waals surface area contributed by atoms with Gasteiger partial charge in [-0.15, -0.1) is 0 Å². The number of rotatable bonds is 2. The first-order valence-electron chi connectivity index (χ1n) is 6.43. The van der Waals surface area contributed by atoms with Crippen molar-refractivity contribution < 1.29 is 14.6 Å². The molecule has 2 unspecified atom stereocenters. The highest BCUT2D eigenvalue weighted by Crippen LogP contribution is 2.24. The molecule has 0 radical (unpaired) electrons. The summed E-state index contributed by atoms with van der Waals surface area (Å²) in [6, 6.07) is -0.0885. The van der Waals surface area contributed by atoms with Gasteiger partial charge in [-0.2, -0.15) is 0 Å². The van der Waals surface area contributed by atoms with Crippen LogP contribution in [0.25, 0.3) is 0 Å². The lowest BCUT2D eigenvalue weighted by Crippen LogP contribution is -2.52. The van der Waals surface area contributed by atoms with Crippen LogP contribution < -0.4 is 0 Å². The Morgan fingerprint density at radius 1 is 1.45 bits per heavy atom. The summed E-state index contributed by atoms with van der Waals surface area (Å²) in [5, 5.41) is 9.44. The SMILES string of the molecule is O=C(O)N1CCOC2CN(Cc3cnc(Cl)nc3)CC21. The van der Waals surface area contributed by atoms with Gasteiger partial charge in [0.1, 0.15) is 0 Å². The van der Waals surface area contributed by atoms with Gasteiger partial charge < -0.3 is 9.84 Å². The van der Waals surface area contributed by atoms with E-state index in [2.05, 4.69) is 14.9 Å². The van der Waals surface area contributed by atoms with Crippen LogP contribution in [0.5, 0.6) is 0 Å². The molecule has 1 aromatic rings. The normalized spacial score (nSPS) is 26.6. The summed E-state index contributed by atoms with van der Waals surface area (Å²) in [6.07, 6.45) is 2.45. The molecule has 20 heavy (non-hydrogen) atoms. The summed E-state index contributed by atoms with van der Waals surface area (Å²) in [5.41, 5.74) is 0.954. The average Bonchev–Trinajstić information content (AvgIpc) is 2.83. The van der Waals surface area contributed by atoms with E-state index in [4.69, 9.17) is 16.3 Å². The van der Waals surface area contributed by atoms with Gasteiger partial charge in [0.15, 0.2) is 0 Å². The van der Waals surface area contributed by atoms with Crippen molar-refractivity contribution in [2.24, 2.45) is 0 Å². The van der Waals surface area contributed by atoms with Crippen molar-refractivity contribution in [1.82, 2.24) is 19.8 Å². The Morgan fingerprint density at radius 2 is 2.20 bits per heavy atom. The number of hydrogen-bond acceptors (Lipinski definition) is 5. The van der Waals surface area contributed by atoms with Crippen LogP contribution in [0.1, 0.15) is 5.56 Å². The Hall–Kier alpha value is -1.44. The number of halogens is 1. The van der Waals surface area contributed by atoms with Crippen LogP contribution in [-0.4, -0.2) is 69.4 Å². The lowest BCUT2D eigenvalue weighted by molar-refractivity contribution is -0.0383. The number of likely N-dealkylation sites (tertiary alicyclic amines) is 1. The maximum atomic E-state index is 11.2. The fourth-order valence-corrected chi connectivity index (χ4v) is 2.91. The van der Waals surface area contributed by atoms with Crippen LogP contribution in [0.4, 0.5) is 4.79 Å². The van der Waals surface area contributed by atoms with Crippen LogP contribution >= 0.6 is 11.6 Å². The van der Waals surface area contributed by atoms with Gasteiger partial charge in [0, 0.05) is 44.1 Å². The van der Waals surface area contributed by atoms with Crippen molar-refractivity contribution in [2.75, 3.05) is 26.2 Å². The predicted molar refractivity (Wildman–Crippen MR) is 70.6 cm³/mol. The minimum Gasteiger partial charge on any atom is -0.465 e. The van der Waals surface area contributed by atoms with Gasteiger partial charge in [0.25, 0.3) is 0 Å². The zero-order valence-corrected chi connectivity index (χ0v) is 11.5. The Labute approximate surface area is 121 Å². The molecule has 1 amide bonds. The van der Waals surface area contributed by atoms with E-state index in [1.807, 2.05) is 0 Å². The Bertz CT molecular complexity index is 498. The molecule has 2 aliphatic heterocycles. The number of carboxylic acid groups (broad SMARTS) is 1. The molecule has 2 aliphatic rings. The number of fused-ring (bicyclic) bond motifs is 1. The van der Waals surface area contributed by atoms with E-state index in [-0.39, 0.29) is 17.4 Å². The Morgan fingerprint density at radius 3 is 2.90 bits per heavy atom. The molecule has 2 atom stereocenters. The van der Waals surface area contributed by atoms with Crippen LogP contribution in [0.3, 0.4) is 0 Å². The van der Waals surface area contributed by atoms with E-state index in [9.17, 15) is 9.90 Å². The molecular formula is C12H15ClN4O3. The second-order valence-corrected chi connectivity index (χ2v) is 5.35. The fraction of sp³-hybridized carbons (Fsp3) is 0.583. The second-order valence-electron chi connectivity index (χ2n) is 5.01. The second kappa shape index (κ2) is 5.51. The largest absolute Gasteiger partial charge is 0.465 e. The minimum absolute atomic E-state index is 0.0481. The van der Waals surface area contributed by atoms with Crippen LogP contribution in [-0.2, 0) is 11.3 Å². The number of aromatic nitrogens is 2. The number of morpholine rings is 1. The van der Waals surface area contributed by atoms with Gasteiger partial charge in [-0.05, 0) is 11.6 Å². The predicted octanol–water partition coefficient (Wildman–Crippen LogP) is 0.693. The molecule has 2 fully saturated rings. The van der Waals surface area contributed by atoms with Crippen molar-refractivity contribution >= 4 is 17.7 Å². The van der Waals surface area contributed by atoms with Crippen molar-refractivity contribution in [1.29, 1.82) is 0 Å². The molecule has 0 saturated carbocycles. The molecular weight excluding hydrogens is 284 g/mol. The maximum absolute atomic E-state index is 11.2. The van der Waals surface area contributed by atoms with Crippen molar-refractivity contribution in [3.8, 4) is 0 Å². The summed E-state index contributed by atoms with van der Waals surface area (Å²) in [4.78, 5) is 22.7. The number of carbonyl (C=O) groups is 1. The lowest BCUT2D eigenvalue weighted by Gasteiger charge is -2.34. The summed E-state index contributed by atoms with van der Waals surface area (Å²) in [7, 11) is 0. The first-order valence-corrected chi connectivity index (χ1v) is 6.81. The highest BCUT2D eigenvalue weighted by atomic mass is 35.5.